The van der Waals surface area contributed by atoms with E-state index in [0.717, 1.165) is 24.0 Å². The van der Waals surface area contributed by atoms with E-state index < -0.39 is 15.9 Å². The summed E-state index contributed by atoms with van der Waals surface area (Å²) in [7, 11) is -0.598. The first-order valence-electron chi connectivity index (χ1n) is 13.2. The molecule has 1 unspecified atom stereocenters. The number of carbonyl (C=O) groups is 1. The van der Waals surface area contributed by atoms with Crippen LogP contribution < -0.4 is 19.5 Å². The lowest BCUT2D eigenvalue weighted by Gasteiger charge is -2.20. The van der Waals surface area contributed by atoms with Crippen LogP contribution in [0.4, 0.5) is 5.13 Å². The third-order valence-corrected chi connectivity index (χ3v) is 9.55. The molecule has 4 aromatic rings. The fourth-order valence-electron chi connectivity index (χ4n) is 5.02. The van der Waals surface area contributed by atoms with Crippen molar-refractivity contribution in [2.24, 2.45) is 5.92 Å². The molecule has 2 aromatic carbocycles. The molecule has 0 saturated heterocycles. The van der Waals surface area contributed by atoms with E-state index in [1.807, 2.05) is 18.2 Å². The van der Waals surface area contributed by atoms with Gasteiger partial charge in [-0.05, 0) is 53.8 Å². The quantitative estimate of drug-likeness (QED) is 0.241. The Kier molecular flexibility index (Phi) is 8.63. The molecule has 1 atom stereocenters. The highest BCUT2D eigenvalue weighted by Gasteiger charge is 2.28. The van der Waals surface area contributed by atoms with E-state index in [0.29, 0.717) is 39.4 Å². The smallest absolute Gasteiger partial charge is 0.240 e. The molecule has 1 fully saturated rings. The zero-order chi connectivity index (χ0) is 28.1. The number of hydrogen-bond acceptors (Lipinski definition) is 8. The Morgan fingerprint density at radius 1 is 0.975 bits per heavy atom. The van der Waals surface area contributed by atoms with Gasteiger partial charge in [0, 0.05) is 12.6 Å². The maximum atomic E-state index is 13.6. The van der Waals surface area contributed by atoms with Crippen molar-refractivity contribution in [1.29, 1.82) is 0 Å². The van der Waals surface area contributed by atoms with E-state index in [2.05, 4.69) is 20.0 Å². The standard InChI is InChI=1S/C29H32N4O5S2/c1-37-22-11-7-20(8-12-22)18-30-40(35,36)23-13-9-21(10-14-23)24(17-19-5-3-4-6-19)27(34)33-29-31-25-15-16-26(38-2)32-28(25)39-29/h7-16,19,24,30H,3-6,17-18H2,1-2H3,(H,31,33,34). The first kappa shape index (κ1) is 28.0. The maximum absolute atomic E-state index is 13.6. The fourth-order valence-corrected chi connectivity index (χ4v) is 6.87. The number of nitrogens with zero attached hydrogens (tertiary/aromatic N) is 2. The Hall–Kier alpha value is -3.54. The van der Waals surface area contributed by atoms with Crippen molar-refractivity contribution in [2.75, 3.05) is 19.5 Å². The van der Waals surface area contributed by atoms with E-state index in [1.54, 1.807) is 56.7 Å². The fraction of sp³-hybridized carbons (Fsp3) is 0.345. The van der Waals surface area contributed by atoms with Gasteiger partial charge in [-0.15, -0.1) is 0 Å². The van der Waals surface area contributed by atoms with Crippen molar-refractivity contribution in [2.45, 2.75) is 49.5 Å². The first-order valence-corrected chi connectivity index (χ1v) is 15.5. The van der Waals surface area contributed by atoms with Crippen molar-refractivity contribution in [3.63, 3.8) is 0 Å². The van der Waals surface area contributed by atoms with Crippen LogP contribution in [0.5, 0.6) is 11.6 Å². The number of sulfonamides is 1. The Labute approximate surface area is 238 Å². The number of pyridine rings is 1. The van der Waals surface area contributed by atoms with Gasteiger partial charge in [-0.3, -0.25) is 4.79 Å². The minimum atomic E-state index is -3.74. The molecular formula is C29H32N4O5S2. The van der Waals surface area contributed by atoms with Crippen molar-refractivity contribution >= 4 is 42.7 Å². The molecule has 40 heavy (non-hydrogen) atoms. The number of fused-ring (bicyclic) bond motifs is 1. The van der Waals surface area contributed by atoms with Crippen LogP contribution in [0.2, 0.25) is 0 Å². The molecule has 0 spiro atoms. The summed E-state index contributed by atoms with van der Waals surface area (Å²) in [6, 6.07) is 17.4. The lowest BCUT2D eigenvalue weighted by molar-refractivity contribution is -0.118. The molecule has 11 heteroatoms. The topological polar surface area (TPSA) is 120 Å². The Bertz CT molecular complexity index is 1560. The van der Waals surface area contributed by atoms with Gasteiger partial charge in [0.05, 0.1) is 25.0 Å². The first-order chi connectivity index (χ1) is 19.3. The van der Waals surface area contributed by atoms with E-state index in [1.165, 1.54) is 24.2 Å². The van der Waals surface area contributed by atoms with E-state index in [9.17, 15) is 13.2 Å². The van der Waals surface area contributed by atoms with Crippen LogP contribution in [-0.2, 0) is 21.4 Å². The number of hydrogen-bond donors (Lipinski definition) is 2. The normalized spacial score (nSPS) is 14.8. The zero-order valence-electron chi connectivity index (χ0n) is 22.4. The van der Waals surface area contributed by atoms with Crippen molar-refractivity contribution < 1.29 is 22.7 Å². The Balaban J connectivity index is 1.31. The maximum Gasteiger partial charge on any atom is 0.240 e. The van der Waals surface area contributed by atoms with Gasteiger partial charge in [0.2, 0.25) is 21.8 Å². The second kappa shape index (κ2) is 12.3. The number of thiazole rings is 1. The lowest BCUT2D eigenvalue weighted by atomic mass is 9.87. The summed E-state index contributed by atoms with van der Waals surface area (Å²) in [6.45, 7) is 0.156. The summed E-state index contributed by atoms with van der Waals surface area (Å²) in [4.78, 5) is 23.3. The van der Waals surface area contributed by atoms with Gasteiger partial charge in [-0.25, -0.2) is 23.1 Å². The molecule has 2 aromatic heterocycles. The molecule has 2 heterocycles. The summed E-state index contributed by atoms with van der Waals surface area (Å²) >= 11 is 1.29. The molecule has 1 amide bonds. The largest absolute Gasteiger partial charge is 0.497 e. The number of benzene rings is 2. The second-order valence-electron chi connectivity index (χ2n) is 9.87. The summed E-state index contributed by atoms with van der Waals surface area (Å²) < 4.78 is 38.9. The molecule has 2 N–H and O–H groups in total. The Morgan fingerprint density at radius 3 is 2.38 bits per heavy atom. The van der Waals surface area contributed by atoms with Crippen LogP contribution in [0.15, 0.2) is 65.6 Å². The van der Waals surface area contributed by atoms with Crippen molar-refractivity contribution in [3.05, 3.63) is 71.8 Å². The highest BCUT2D eigenvalue weighted by atomic mass is 32.2. The second-order valence-corrected chi connectivity index (χ2v) is 12.6. The van der Waals surface area contributed by atoms with Crippen LogP contribution in [0.3, 0.4) is 0 Å². The molecule has 1 aliphatic rings. The molecular weight excluding hydrogens is 548 g/mol. The molecule has 210 valence electrons. The SMILES string of the molecule is COc1ccc(CNS(=O)(=O)c2ccc(C(CC3CCCC3)C(=O)Nc3nc4ccc(OC)nc4s3)cc2)cc1. The van der Waals surface area contributed by atoms with Crippen molar-refractivity contribution in [3.8, 4) is 11.6 Å². The van der Waals surface area contributed by atoms with Gasteiger partial charge in [-0.1, -0.05) is 61.3 Å². The van der Waals surface area contributed by atoms with Crippen LogP contribution in [0, 0.1) is 5.92 Å². The number of carbonyl (C=O) groups excluding carboxylic acids is 1. The van der Waals surface area contributed by atoms with Crippen LogP contribution >= 0.6 is 11.3 Å². The summed E-state index contributed by atoms with van der Waals surface area (Å²) in [5.41, 5.74) is 2.28. The number of rotatable bonds is 11. The van der Waals surface area contributed by atoms with E-state index in [-0.39, 0.29) is 17.3 Å². The average Bonchev–Trinajstić information content (AvgIpc) is 3.64. The summed E-state index contributed by atoms with van der Waals surface area (Å²) in [5.74, 6) is 1.06. The number of ether oxygens (including phenoxy) is 2. The van der Waals surface area contributed by atoms with E-state index in [4.69, 9.17) is 9.47 Å². The third-order valence-electron chi connectivity index (χ3n) is 7.25. The van der Waals surface area contributed by atoms with Crippen LogP contribution in [0.25, 0.3) is 10.3 Å². The van der Waals surface area contributed by atoms with Crippen LogP contribution in [-0.4, -0.2) is 38.5 Å². The molecule has 0 radical (unpaired) electrons. The van der Waals surface area contributed by atoms with Gasteiger partial charge in [0.25, 0.3) is 0 Å². The molecule has 1 saturated carbocycles. The van der Waals surface area contributed by atoms with Gasteiger partial charge >= 0.3 is 0 Å². The number of anilines is 1. The highest BCUT2D eigenvalue weighted by Crippen LogP contribution is 2.36. The molecule has 9 nitrogen and oxygen atoms in total. The number of amides is 1. The summed E-state index contributed by atoms with van der Waals surface area (Å²) in [6.07, 6.45) is 5.22. The van der Waals surface area contributed by atoms with Gasteiger partial charge in [0.1, 0.15) is 16.1 Å². The molecule has 1 aliphatic carbocycles. The molecule has 5 rings (SSSR count). The monoisotopic (exact) mass is 580 g/mol. The summed E-state index contributed by atoms with van der Waals surface area (Å²) in [5, 5.41) is 3.45. The minimum absolute atomic E-state index is 0.149. The number of methoxy groups -OCH3 is 2. The predicted molar refractivity (Wildman–Crippen MR) is 155 cm³/mol. The number of nitrogens with one attached hydrogen (secondary N) is 2. The predicted octanol–water partition coefficient (Wildman–Crippen LogP) is 5.49. The lowest BCUT2D eigenvalue weighted by Crippen LogP contribution is -2.24. The third kappa shape index (κ3) is 6.60. The van der Waals surface area contributed by atoms with Gasteiger partial charge in [0.15, 0.2) is 5.13 Å². The highest BCUT2D eigenvalue weighted by molar-refractivity contribution is 7.89. The van der Waals surface area contributed by atoms with Gasteiger partial charge < -0.3 is 14.8 Å². The molecule has 0 aliphatic heterocycles. The average molecular weight is 581 g/mol. The Morgan fingerprint density at radius 2 is 1.70 bits per heavy atom. The minimum Gasteiger partial charge on any atom is -0.497 e. The number of aromatic nitrogens is 2. The zero-order valence-corrected chi connectivity index (χ0v) is 24.1. The molecule has 0 bridgehead atoms. The van der Waals surface area contributed by atoms with Crippen LogP contribution in [0.1, 0.15) is 49.1 Å². The van der Waals surface area contributed by atoms with E-state index >= 15 is 0 Å². The van der Waals surface area contributed by atoms with Gasteiger partial charge in [-0.2, -0.15) is 0 Å². The van der Waals surface area contributed by atoms with Crippen molar-refractivity contribution in [1.82, 2.24) is 14.7 Å².